The number of halogens is 1. The van der Waals surface area contributed by atoms with Gasteiger partial charge in [0.2, 0.25) is 0 Å². The van der Waals surface area contributed by atoms with E-state index in [-0.39, 0.29) is 0 Å². The summed E-state index contributed by atoms with van der Waals surface area (Å²) in [4.78, 5) is 4.75. The summed E-state index contributed by atoms with van der Waals surface area (Å²) in [6, 6.07) is 6.75. The molecule has 19 heavy (non-hydrogen) atoms. The van der Waals surface area contributed by atoms with Crippen molar-refractivity contribution in [2.45, 2.75) is 45.2 Å². The fraction of sp³-hybridized carbons (Fsp3) is 0.533. The number of nitrogens with zero attached hydrogens (tertiary/aromatic N) is 2. The van der Waals surface area contributed by atoms with Crippen LogP contribution in [0.3, 0.4) is 0 Å². The first-order chi connectivity index (χ1) is 9.28. The standard InChI is InChI=1S/C15H20ClN3/c1-2-9-19-14-6-3-11(16)10-13(14)18-15(19)7-8-17-12-4-5-12/h3,6,10,12,17H,2,4-5,7-9H2,1H3. The minimum atomic E-state index is 0.760. The third-order valence-corrected chi connectivity index (χ3v) is 3.83. The fourth-order valence-electron chi connectivity index (χ4n) is 2.49. The quantitative estimate of drug-likeness (QED) is 0.877. The third-order valence-electron chi connectivity index (χ3n) is 3.60. The molecule has 0 saturated heterocycles. The Labute approximate surface area is 119 Å². The molecular weight excluding hydrogens is 258 g/mol. The van der Waals surface area contributed by atoms with Gasteiger partial charge in [-0.25, -0.2) is 4.98 Å². The van der Waals surface area contributed by atoms with E-state index in [1.807, 2.05) is 12.1 Å². The van der Waals surface area contributed by atoms with E-state index in [4.69, 9.17) is 16.6 Å². The largest absolute Gasteiger partial charge is 0.328 e. The van der Waals surface area contributed by atoms with Crippen molar-refractivity contribution >= 4 is 22.6 Å². The number of hydrogen-bond acceptors (Lipinski definition) is 2. The van der Waals surface area contributed by atoms with Crippen LogP contribution in [0.1, 0.15) is 32.0 Å². The van der Waals surface area contributed by atoms with Crippen LogP contribution < -0.4 is 5.32 Å². The summed E-state index contributed by atoms with van der Waals surface area (Å²) in [6.07, 6.45) is 4.78. The number of imidazole rings is 1. The molecule has 0 amide bonds. The lowest BCUT2D eigenvalue weighted by Crippen LogP contribution is -2.20. The minimum Gasteiger partial charge on any atom is -0.328 e. The van der Waals surface area contributed by atoms with Gasteiger partial charge < -0.3 is 9.88 Å². The van der Waals surface area contributed by atoms with E-state index in [0.29, 0.717) is 0 Å². The molecule has 1 aliphatic carbocycles. The van der Waals surface area contributed by atoms with Crippen LogP contribution >= 0.6 is 11.6 Å². The van der Waals surface area contributed by atoms with Crippen molar-refractivity contribution < 1.29 is 0 Å². The fourth-order valence-corrected chi connectivity index (χ4v) is 2.66. The van der Waals surface area contributed by atoms with Crippen molar-refractivity contribution in [1.29, 1.82) is 0 Å². The van der Waals surface area contributed by atoms with Crippen molar-refractivity contribution in [1.82, 2.24) is 14.9 Å². The van der Waals surface area contributed by atoms with Crippen LogP contribution in [0.25, 0.3) is 11.0 Å². The predicted octanol–water partition coefficient (Wildman–Crippen LogP) is 3.39. The second-order valence-corrected chi connectivity index (χ2v) is 5.73. The van der Waals surface area contributed by atoms with Crippen LogP contribution in [0.4, 0.5) is 0 Å². The van der Waals surface area contributed by atoms with Gasteiger partial charge in [-0.1, -0.05) is 18.5 Å². The average molecular weight is 278 g/mol. The van der Waals surface area contributed by atoms with Crippen molar-refractivity contribution in [3.05, 3.63) is 29.0 Å². The van der Waals surface area contributed by atoms with E-state index in [9.17, 15) is 0 Å². The molecule has 1 aliphatic rings. The molecule has 0 bridgehead atoms. The molecular formula is C15H20ClN3. The lowest BCUT2D eigenvalue weighted by atomic mass is 10.3. The van der Waals surface area contributed by atoms with Gasteiger partial charge in [0, 0.05) is 30.6 Å². The van der Waals surface area contributed by atoms with Crippen LogP contribution in [0.5, 0.6) is 0 Å². The van der Waals surface area contributed by atoms with Gasteiger partial charge in [0.1, 0.15) is 5.82 Å². The van der Waals surface area contributed by atoms with Gasteiger partial charge in [-0.05, 0) is 37.5 Å². The zero-order valence-electron chi connectivity index (χ0n) is 11.3. The van der Waals surface area contributed by atoms with E-state index < -0.39 is 0 Å². The highest BCUT2D eigenvalue weighted by atomic mass is 35.5. The Morgan fingerprint density at radius 1 is 1.42 bits per heavy atom. The number of benzene rings is 1. The van der Waals surface area contributed by atoms with Gasteiger partial charge in [0.15, 0.2) is 0 Å². The van der Waals surface area contributed by atoms with E-state index >= 15 is 0 Å². The zero-order chi connectivity index (χ0) is 13.2. The maximum absolute atomic E-state index is 6.05. The highest BCUT2D eigenvalue weighted by molar-refractivity contribution is 6.31. The topological polar surface area (TPSA) is 29.9 Å². The van der Waals surface area contributed by atoms with Gasteiger partial charge in [0.05, 0.1) is 11.0 Å². The first-order valence-electron chi connectivity index (χ1n) is 7.16. The Bertz CT molecular complexity index is 572. The molecule has 1 fully saturated rings. The lowest BCUT2D eigenvalue weighted by molar-refractivity contribution is 0.615. The van der Waals surface area contributed by atoms with Crippen molar-refractivity contribution in [2.24, 2.45) is 0 Å². The highest BCUT2D eigenvalue weighted by Gasteiger charge is 2.20. The number of aromatic nitrogens is 2. The molecule has 2 aromatic rings. The molecule has 4 heteroatoms. The Morgan fingerprint density at radius 3 is 3.00 bits per heavy atom. The summed E-state index contributed by atoms with van der Waals surface area (Å²) in [5.74, 6) is 1.17. The number of hydrogen-bond donors (Lipinski definition) is 1. The predicted molar refractivity (Wildman–Crippen MR) is 79.8 cm³/mol. The average Bonchev–Trinajstić information content (AvgIpc) is 3.14. The number of fused-ring (bicyclic) bond motifs is 1. The van der Waals surface area contributed by atoms with Gasteiger partial charge in [-0.3, -0.25) is 0 Å². The molecule has 0 unspecified atom stereocenters. The van der Waals surface area contributed by atoms with Crippen molar-refractivity contribution in [3.63, 3.8) is 0 Å². The monoisotopic (exact) mass is 277 g/mol. The van der Waals surface area contributed by atoms with Crippen LogP contribution in [-0.4, -0.2) is 22.1 Å². The molecule has 3 nitrogen and oxygen atoms in total. The Kier molecular flexibility index (Phi) is 3.76. The summed E-state index contributed by atoms with van der Waals surface area (Å²) in [5.41, 5.74) is 2.22. The molecule has 3 rings (SSSR count). The summed E-state index contributed by atoms with van der Waals surface area (Å²) in [7, 11) is 0. The molecule has 1 aromatic carbocycles. The van der Waals surface area contributed by atoms with E-state index in [1.54, 1.807) is 0 Å². The zero-order valence-corrected chi connectivity index (χ0v) is 12.1. The maximum Gasteiger partial charge on any atom is 0.111 e. The first kappa shape index (κ1) is 12.9. The Hall–Kier alpha value is -1.06. The third kappa shape index (κ3) is 2.93. The van der Waals surface area contributed by atoms with Crippen LogP contribution in [0, 0.1) is 0 Å². The van der Waals surface area contributed by atoms with E-state index in [1.165, 1.54) is 24.2 Å². The minimum absolute atomic E-state index is 0.760. The van der Waals surface area contributed by atoms with Crippen molar-refractivity contribution in [2.75, 3.05) is 6.54 Å². The molecule has 0 aliphatic heterocycles. The Balaban J connectivity index is 1.84. The molecule has 1 saturated carbocycles. The lowest BCUT2D eigenvalue weighted by Gasteiger charge is -2.08. The van der Waals surface area contributed by atoms with Gasteiger partial charge in [-0.15, -0.1) is 0 Å². The summed E-state index contributed by atoms with van der Waals surface area (Å²) >= 11 is 6.05. The van der Waals surface area contributed by atoms with Crippen LogP contribution in [-0.2, 0) is 13.0 Å². The second-order valence-electron chi connectivity index (χ2n) is 5.29. The number of rotatable bonds is 6. The molecule has 0 spiro atoms. The van der Waals surface area contributed by atoms with Gasteiger partial charge >= 0.3 is 0 Å². The highest BCUT2D eigenvalue weighted by Crippen LogP contribution is 2.22. The molecule has 102 valence electrons. The van der Waals surface area contributed by atoms with Crippen molar-refractivity contribution in [3.8, 4) is 0 Å². The van der Waals surface area contributed by atoms with E-state index in [0.717, 1.165) is 42.5 Å². The normalized spacial score (nSPS) is 15.3. The molecule has 1 N–H and O–H groups in total. The molecule has 1 heterocycles. The maximum atomic E-state index is 6.05. The summed E-state index contributed by atoms with van der Waals surface area (Å²) in [5, 5.41) is 4.31. The molecule has 1 aromatic heterocycles. The van der Waals surface area contributed by atoms with Crippen LogP contribution in [0.15, 0.2) is 18.2 Å². The molecule has 0 radical (unpaired) electrons. The van der Waals surface area contributed by atoms with Crippen LogP contribution in [0.2, 0.25) is 5.02 Å². The number of aryl methyl sites for hydroxylation is 1. The Morgan fingerprint density at radius 2 is 2.26 bits per heavy atom. The second kappa shape index (κ2) is 5.51. The summed E-state index contributed by atoms with van der Waals surface area (Å²) < 4.78 is 2.33. The number of nitrogens with one attached hydrogen (secondary N) is 1. The molecule has 0 atom stereocenters. The first-order valence-corrected chi connectivity index (χ1v) is 7.54. The SMILES string of the molecule is CCCn1c(CCNC2CC2)nc2cc(Cl)ccc21. The van der Waals surface area contributed by atoms with Gasteiger partial charge in [-0.2, -0.15) is 0 Å². The van der Waals surface area contributed by atoms with Gasteiger partial charge in [0.25, 0.3) is 0 Å². The summed E-state index contributed by atoms with van der Waals surface area (Å²) in [6.45, 7) is 4.25. The van der Waals surface area contributed by atoms with E-state index in [2.05, 4.69) is 22.9 Å². The smallest absolute Gasteiger partial charge is 0.111 e.